The number of para-hydroxylation sites is 1. The van der Waals surface area contributed by atoms with Crippen molar-refractivity contribution in [2.24, 2.45) is 0 Å². The monoisotopic (exact) mass is 348 g/mol. The van der Waals surface area contributed by atoms with Gasteiger partial charge < -0.3 is 15.2 Å². The van der Waals surface area contributed by atoms with Crippen LogP contribution in [0, 0.1) is 0 Å². The van der Waals surface area contributed by atoms with Crippen LogP contribution in [0.25, 0.3) is 11.1 Å². The van der Waals surface area contributed by atoms with Gasteiger partial charge in [0.1, 0.15) is 5.56 Å². The molecule has 26 heavy (non-hydrogen) atoms. The van der Waals surface area contributed by atoms with Crippen LogP contribution in [-0.2, 0) is 4.74 Å². The number of phenolic OH excluding ortho intramolecular Hbond substituents is 1. The third kappa shape index (κ3) is 3.54. The molecular weight excluding hydrogens is 332 g/mol. The summed E-state index contributed by atoms with van der Waals surface area (Å²) in [4.78, 5) is 28.2. The van der Waals surface area contributed by atoms with E-state index in [1.54, 1.807) is 36.7 Å². The number of ether oxygens (including phenoxy) is 1. The first kappa shape index (κ1) is 17.2. The Hall–Kier alpha value is -3.67. The normalized spacial score (nSPS) is 10.2. The molecular formula is C20H16N2O4. The zero-order valence-corrected chi connectivity index (χ0v) is 14.0. The van der Waals surface area contributed by atoms with Gasteiger partial charge in [0.15, 0.2) is 5.75 Å². The van der Waals surface area contributed by atoms with Gasteiger partial charge in [-0.15, -0.1) is 0 Å². The zero-order chi connectivity index (χ0) is 18.5. The smallest absolute Gasteiger partial charge is 0.341 e. The molecule has 3 aromatic rings. The number of anilines is 1. The molecule has 0 aliphatic rings. The first-order valence-corrected chi connectivity index (χ1v) is 7.82. The van der Waals surface area contributed by atoms with E-state index in [4.69, 9.17) is 0 Å². The number of nitrogens with one attached hydrogen (secondary N) is 1. The minimum atomic E-state index is -0.682. The standard InChI is InChI=1S/C20H16N2O4/c1-26-20(25)16-6-3-7-17(18(16)23)22-19(24)15-5-2-4-14(12-15)13-8-10-21-11-9-13/h2-12,23H,1H3,(H,22,24). The van der Waals surface area contributed by atoms with Crippen molar-refractivity contribution in [1.82, 2.24) is 4.98 Å². The van der Waals surface area contributed by atoms with E-state index < -0.39 is 11.9 Å². The maximum Gasteiger partial charge on any atom is 0.341 e. The maximum atomic E-state index is 12.5. The molecule has 1 aromatic heterocycles. The van der Waals surface area contributed by atoms with Gasteiger partial charge in [-0.25, -0.2) is 4.79 Å². The lowest BCUT2D eigenvalue weighted by Crippen LogP contribution is -2.13. The molecule has 0 spiro atoms. The summed E-state index contributed by atoms with van der Waals surface area (Å²) in [6.07, 6.45) is 3.36. The highest BCUT2D eigenvalue weighted by Crippen LogP contribution is 2.28. The van der Waals surface area contributed by atoms with Gasteiger partial charge in [0.2, 0.25) is 0 Å². The van der Waals surface area contributed by atoms with Crippen molar-refractivity contribution in [3.63, 3.8) is 0 Å². The van der Waals surface area contributed by atoms with Gasteiger partial charge >= 0.3 is 5.97 Å². The van der Waals surface area contributed by atoms with E-state index in [9.17, 15) is 14.7 Å². The number of amides is 1. The molecule has 0 unspecified atom stereocenters. The Balaban J connectivity index is 1.87. The Morgan fingerprint density at radius 2 is 1.73 bits per heavy atom. The minimum Gasteiger partial charge on any atom is -0.505 e. The quantitative estimate of drug-likeness (QED) is 0.556. The lowest BCUT2D eigenvalue weighted by atomic mass is 10.0. The highest BCUT2D eigenvalue weighted by atomic mass is 16.5. The van der Waals surface area contributed by atoms with E-state index in [2.05, 4.69) is 15.0 Å². The first-order valence-electron chi connectivity index (χ1n) is 7.82. The number of benzene rings is 2. The van der Waals surface area contributed by atoms with E-state index in [1.807, 2.05) is 18.2 Å². The second-order valence-corrected chi connectivity index (χ2v) is 5.46. The largest absolute Gasteiger partial charge is 0.505 e. The maximum absolute atomic E-state index is 12.5. The van der Waals surface area contributed by atoms with Crippen LogP contribution in [0.4, 0.5) is 5.69 Å². The third-order valence-electron chi connectivity index (χ3n) is 3.83. The van der Waals surface area contributed by atoms with Crippen molar-refractivity contribution in [3.8, 4) is 16.9 Å². The summed E-state index contributed by atoms with van der Waals surface area (Å²) in [6.45, 7) is 0. The average molecular weight is 348 g/mol. The van der Waals surface area contributed by atoms with E-state index in [-0.39, 0.29) is 17.0 Å². The average Bonchev–Trinajstić information content (AvgIpc) is 2.69. The Labute approximate surface area is 150 Å². The Morgan fingerprint density at radius 3 is 2.46 bits per heavy atom. The molecule has 6 heteroatoms. The number of hydrogen-bond acceptors (Lipinski definition) is 5. The fourth-order valence-corrected chi connectivity index (χ4v) is 2.50. The van der Waals surface area contributed by atoms with Gasteiger partial charge in [-0.05, 0) is 47.5 Å². The lowest BCUT2D eigenvalue weighted by molar-refractivity contribution is 0.0597. The number of methoxy groups -OCH3 is 1. The van der Waals surface area contributed by atoms with E-state index in [1.165, 1.54) is 19.2 Å². The van der Waals surface area contributed by atoms with Gasteiger partial charge in [0.05, 0.1) is 12.8 Å². The van der Waals surface area contributed by atoms with Crippen molar-refractivity contribution >= 4 is 17.6 Å². The molecule has 3 rings (SSSR count). The SMILES string of the molecule is COC(=O)c1cccc(NC(=O)c2cccc(-c3ccncc3)c2)c1O. The molecule has 2 N–H and O–H groups in total. The number of aromatic hydroxyl groups is 1. The summed E-state index contributed by atoms with van der Waals surface area (Å²) >= 11 is 0. The molecule has 0 bridgehead atoms. The van der Waals surface area contributed by atoms with Crippen molar-refractivity contribution in [2.75, 3.05) is 12.4 Å². The number of aromatic nitrogens is 1. The molecule has 0 fully saturated rings. The van der Waals surface area contributed by atoms with Crippen LogP contribution >= 0.6 is 0 Å². The van der Waals surface area contributed by atoms with Gasteiger partial charge in [-0.1, -0.05) is 18.2 Å². The molecule has 0 radical (unpaired) electrons. The van der Waals surface area contributed by atoms with Crippen molar-refractivity contribution in [2.45, 2.75) is 0 Å². The van der Waals surface area contributed by atoms with Crippen molar-refractivity contribution < 1.29 is 19.4 Å². The predicted octanol–water partition coefficient (Wildman–Crippen LogP) is 3.49. The second-order valence-electron chi connectivity index (χ2n) is 5.46. The van der Waals surface area contributed by atoms with Gasteiger partial charge in [0, 0.05) is 18.0 Å². The molecule has 0 saturated carbocycles. The number of rotatable bonds is 4. The fraction of sp³-hybridized carbons (Fsp3) is 0.0500. The van der Waals surface area contributed by atoms with Crippen LogP contribution in [0.2, 0.25) is 0 Å². The van der Waals surface area contributed by atoms with Crippen molar-refractivity contribution in [1.29, 1.82) is 0 Å². The molecule has 130 valence electrons. The van der Waals surface area contributed by atoms with Crippen LogP contribution in [0.15, 0.2) is 67.0 Å². The van der Waals surface area contributed by atoms with E-state index >= 15 is 0 Å². The molecule has 0 atom stereocenters. The summed E-state index contributed by atoms with van der Waals surface area (Å²) in [5.74, 6) is -1.42. The number of carbonyl (C=O) groups is 2. The van der Waals surface area contributed by atoms with Crippen molar-refractivity contribution in [3.05, 3.63) is 78.1 Å². The van der Waals surface area contributed by atoms with Gasteiger partial charge in [-0.2, -0.15) is 0 Å². The van der Waals surface area contributed by atoms with E-state index in [0.717, 1.165) is 11.1 Å². The van der Waals surface area contributed by atoms with Gasteiger partial charge in [0.25, 0.3) is 5.91 Å². The van der Waals surface area contributed by atoms with Gasteiger partial charge in [-0.3, -0.25) is 9.78 Å². The zero-order valence-electron chi connectivity index (χ0n) is 14.0. The van der Waals surface area contributed by atoms with E-state index in [0.29, 0.717) is 5.56 Å². The molecule has 1 amide bonds. The summed E-state index contributed by atoms with van der Waals surface area (Å²) < 4.78 is 4.61. The number of pyridine rings is 1. The number of nitrogens with zero attached hydrogens (tertiary/aromatic N) is 1. The van der Waals surface area contributed by atoms with Crippen LogP contribution in [0.3, 0.4) is 0 Å². The minimum absolute atomic E-state index is 0.0177. The molecule has 2 aromatic carbocycles. The molecule has 0 aliphatic carbocycles. The molecule has 0 saturated heterocycles. The Morgan fingerprint density at radius 1 is 1.00 bits per heavy atom. The molecule has 6 nitrogen and oxygen atoms in total. The van der Waals surface area contributed by atoms with Crippen LogP contribution in [0.5, 0.6) is 5.75 Å². The first-order chi connectivity index (χ1) is 12.6. The number of hydrogen-bond donors (Lipinski definition) is 2. The number of esters is 1. The highest BCUT2D eigenvalue weighted by Gasteiger charge is 2.16. The molecule has 0 aliphatic heterocycles. The summed E-state index contributed by atoms with van der Waals surface area (Å²) in [5.41, 5.74) is 2.34. The highest BCUT2D eigenvalue weighted by molar-refractivity contribution is 6.07. The lowest BCUT2D eigenvalue weighted by Gasteiger charge is -2.11. The summed E-state index contributed by atoms with van der Waals surface area (Å²) in [7, 11) is 1.22. The number of phenols is 1. The van der Waals surface area contributed by atoms with Crippen LogP contribution in [-0.4, -0.2) is 29.1 Å². The third-order valence-corrected chi connectivity index (χ3v) is 3.83. The summed E-state index contributed by atoms with van der Waals surface area (Å²) in [6, 6.07) is 15.2. The molecule has 1 heterocycles. The Kier molecular flexibility index (Phi) is 4.94. The van der Waals surface area contributed by atoms with Crippen LogP contribution < -0.4 is 5.32 Å². The second kappa shape index (κ2) is 7.48. The predicted molar refractivity (Wildman–Crippen MR) is 97.1 cm³/mol. The summed E-state index contributed by atoms with van der Waals surface area (Å²) in [5, 5.41) is 12.8. The van der Waals surface area contributed by atoms with Crippen LogP contribution in [0.1, 0.15) is 20.7 Å². The Bertz CT molecular complexity index is 955. The number of carbonyl (C=O) groups excluding carboxylic acids is 2. The fourth-order valence-electron chi connectivity index (χ4n) is 2.50. The topological polar surface area (TPSA) is 88.5 Å².